The summed E-state index contributed by atoms with van der Waals surface area (Å²) in [5.41, 5.74) is 0.867. The lowest BCUT2D eigenvalue weighted by molar-refractivity contribution is -0.115. The van der Waals surface area contributed by atoms with Gasteiger partial charge in [0.1, 0.15) is 4.32 Å². The summed E-state index contributed by atoms with van der Waals surface area (Å²) in [7, 11) is 1.59. The van der Waals surface area contributed by atoms with Crippen LogP contribution in [0.2, 0.25) is 0 Å². The highest BCUT2D eigenvalue weighted by Crippen LogP contribution is 2.31. The van der Waals surface area contributed by atoms with Gasteiger partial charge in [0.25, 0.3) is 5.91 Å². The highest BCUT2D eigenvalue weighted by Gasteiger charge is 2.22. The topological polar surface area (TPSA) is 47.6 Å². The molecule has 0 unspecified atom stereocenters. The summed E-state index contributed by atoms with van der Waals surface area (Å²) in [5.74, 6) is 1.16. The number of carbonyl (C=O) groups excluding carboxylic acids is 1. The first-order valence-electron chi connectivity index (χ1n) is 5.69. The van der Waals surface area contributed by atoms with Crippen molar-refractivity contribution >= 4 is 40.3 Å². The molecule has 1 aliphatic rings. The van der Waals surface area contributed by atoms with Crippen molar-refractivity contribution < 1.29 is 14.3 Å². The van der Waals surface area contributed by atoms with Gasteiger partial charge in [-0.25, -0.2) is 0 Å². The van der Waals surface area contributed by atoms with Crippen LogP contribution in [0.5, 0.6) is 11.5 Å². The molecule has 0 spiro atoms. The summed E-state index contributed by atoms with van der Waals surface area (Å²) in [6.45, 7) is 2.46. The minimum Gasteiger partial charge on any atom is -0.493 e. The highest BCUT2D eigenvalue weighted by atomic mass is 32.2. The quantitative estimate of drug-likeness (QED) is 0.683. The van der Waals surface area contributed by atoms with Crippen LogP contribution in [0.25, 0.3) is 6.08 Å². The van der Waals surface area contributed by atoms with E-state index in [1.807, 2.05) is 25.1 Å². The molecule has 1 aromatic carbocycles. The van der Waals surface area contributed by atoms with E-state index in [1.165, 1.54) is 11.8 Å². The second-order valence-electron chi connectivity index (χ2n) is 3.70. The summed E-state index contributed by atoms with van der Waals surface area (Å²) in [6, 6.07) is 5.52. The van der Waals surface area contributed by atoms with Gasteiger partial charge in [0.2, 0.25) is 0 Å². The first-order chi connectivity index (χ1) is 9.13. The minimum absolute atomic E-state index is 0.163. The Morgan fingerprint density at radius 1 is 1.42 bits per heavy atom. The molecule has 1 N–H and O–H groups in total. The van der Waals surface area contributed by atoms with E-state index in [2.05, 4.69) is 5.32 Å². The monoisotopic (exact) mass is 295 g/mol. The minimum atomic E-state index is -0.163. The van der Waals surface area contributed by atoms with Crippen molar-refractivity contribution in [2.45, 2.75) is 6.92 Å². The van der Waals surface area contributed by atoms with E-state index in [0.717, 1.165) is 5.56 Å². The Morgan fingerprint density at radius 3 is 2.79 bits per heavy atom. The van der Waals surface area contributed by atoms with Crippen LogP contribution < -0.4 is 14.8 Å². The van der Waals surface area contributed by atoms with E-state index >= 15 is 0 Å². The van der Waals surface area contributed by atoms with Gasteiger partial charge in [-0.05, 0) is 30.7 Å². The zero-order valence-electron chi connectivity index (χ0n) is 10.6. The van der Waals surface area contributed by atoms with E-state index in [-0.39, 0.29) is 5.91 Å². The van der Waals surface area contributed by atoms with Crippen LogP contribution in [0, 0.1) is 0 Å². The number of ether oxygens (including phenoxy) is 2. The fourth-order valence-corrected chi connectivity index (χ4v) is 2.67. The summed E-state index contributed by atoms with van der Waals surface area (Å²) in [5, 5.41) is 2.58. The number of hydrogen-bond donors (Lipinski definition) is 1. The maximum Gasteiger partial charge on any atom is 0.263 e. The molecule has 0 aromatic heterocycles. The van der Waals surface area contributed by atoms with Gasteiger partial charge in [0, 0.05) is 0 Å². The van der Waals surface area contributed by atoms with E-state index in [0.29, 0.717) is 27.3 Å². The molecule has 1 aliphatic heterocycles. The Bertz CT molecular complexity index is 555. The van der Waals surface area contributed by atoms with Gasteiger partial charge < -0.3 is 14.8 Å². The molecule has 0 saturated carbocycles. The van der Waals surface area contributed by atoms with E-state index in [4.69, 9.17) is 21.7 Å². The molecule has 100 valence electrons. The molecule has 1 fully saturated rings. The van der Waals surface area contributed by atoms with Crippen molar-refractivity contribution in [3.05, 3.63) is 28.7 Å². The fourth-order valence-electron chi connectivity index (χ4n) is 1.62. The lowest BCUT2D eigenvalue weighted by atomic mass is 10.2. The number of thiocarbonyl (C=S) groups is 1. The Kier molecular flexibility index (Phi) is 4.44. The molecule has 0 bridgehead atoms. The van der Waals surface area contributed by atoms with Crippen molar-refractivity contribution in [2.24, 2.45) is 0 Å². The summed E-state index contributed by atoms with van der Waals surface area (Å²) in [6.07, 6.45) is 1.78. The fraction of sp³-hybridized carbons (Fsp3) is 0.231. The average Bonchev–Trinajstić information content (AvgIpc) is 2.69. The first-order valence-corrected chi connectivity index (χ1v) is 6.92. The lowest BCUT2D eigenvalue weighted by Gasteiger charge is -2.09. The molecule has 0 radical (unpaired) electrons. The molecule has 0 aliphatic carbocycles. The average molecular weight is 295 g/mol. The largest absolute Gasteiger partial charge is 0.493 e. The van der Waals surface area contributed by atoms with Crippen LogP contribution in [0.1, 0.15) is 12.5 Å². The van der Waals surface area contributed by atoms with Crippen LogP contribution in [0.3, 0.4) is 0 Å². The number of carbonyl (C=O) groups is 1. The third-order valence-corrected chi connectivity index (χ3v) is 3.59. The molecule has 0 atom stereocenters. The van der Waals surface area contributed by atoms with E-state index in [9.17, 15) is 4.79 Å². The van der Waals surface area contributed by atoms with Crippen LogP contribution >= 0.6 is 24.0 Å². The number of benzene rings is 1. The highest BCUT2D eigenvalue weighted by molar-refractivity contribution is 8.26. The molecule has 19 heavy (non-hydrogen) atoms. The maximum atomic E-state index is 11.6. The van der Waals surface area contributed by atoms with Gasteiger partial charge in [-0.1, -0.05) is 30.0 Å². The molecule has 1 saturated heterocycles. The molecule has 4 nitrogen and oxygen atoms in total. The number of methoxy groups -OCH3 is 1. The predicted molar refractivity (Wildman–Crippen MR) is 80.5 cm³/mol. The van der Waals surface area contributed by atoms with E-state index in [1.54, 1.807) is 13.2 Å². The third kappa shape index (κ3) is 3.27. The molecule has 1 heterocycles. The van der Waals surface area contributed by atoms with Crippen molar-refractivity contribution in [1.82, 2.24) is 5.32 Å². The van der Waals surface area contributed by atoms with Gasteiger partial charge >= 0.3 is 0 Å². The molecule has 1 aromatic rings. The standard InChI is InChI=1S/C13H13NO3S2/c1-3-17-10-6-8(4-5-9(10)16-2)7-11-12(15)14-13(18)19-11/h4-7H,3H2,1-2H3,(H,14,15,18)/b11-7-. The molecular weight excluding hydrogens is 282 g/mol. The first kappa shape index (κ1) is 13.9. The Labute approximate surface area is 121 Å². The second kappa shape index (κ2) is 6.08. The zero-order chi connectivity index (χ0) is 13.8. The summed E-state index contributed by atoms with van der Waals surface area (Å²) >= 11 is 6.20. The molecule has 6 heteroatoms. The second-order valence-corrected chi connectivity index (χ2v) is 5.41. The number of amides is 1. The van der Waals surface area contributed by atoms with Gasteiger partial charge in [-0.3, -0.25) is 4.79 Å². The van der Waals surface area contributed by atoms with Crippen LogP contribution in [0.15, 0.2) is 23.1 Å². The normalized spacial score (nSPS) is 16.6. The number of nitrogens with one attached hydrogen (secondary N) is 1. The van der Waals surface area contributed by atoms with Crippen molar-refractivity contribution in [1.29, 1.82) is 0 Å². The van der Waals surface area contributed by atoms with Crippen molar-refractivity contribution in [3.8, 4) is 11.5 Å². The van der Waals surface area contributed by atoms with Gasteiger partial charge in [-0.2, -0.15) is 0 Å². The van der Waals surface area contributed by atoms with Gasteiger partial charge in [0.15, 0.2) is 11.5 Å². The van der Waals surface area contributed by atoms with Crippen molar-refractivity contribution in [3.63, 3.8) is 0 Å². The maximum absolute atomic E-state index is 11.6. The molecule has 1 amide bonds. The zero-order valence-corrected chi connectivity index (χ0v) is 12.2. The Morgan fingerprint density at radius 2 is 2.21 bits per heavy atom. The summed E-state index contributed by atoms with van der Waals surface area (Å²) in [4.78, 5) is 12.2. The Balaban J connectivity index is 2.31. The number of rotatable bonds is 4. The smallest absolute Gasteiger partial charge is 0.263 e. The van der Waals surface area contributed by atoms with Crippen LogP contribution in [-0.4, -0.2) is 23.9 Å². The third-order valence-electron chi connectivity index (χ3n) is 2.43. The molecular formula is C13H13NO3S2. The number of hydrogen-bond acceptors (Lipinski definition) is 5. The predicted octanol–water partition coefficient (Wildman–Crippen LogP) is 2.58. The number of thioether (sulfide) groups is 1. The molecule has 2 rings (SSSR count). The SMILES string of the molecule is CCOc1cc(/C=C2\SC(=S)NC2=O)ccc1OC. The van der Waals surface area contributed by atoms with Crippen molar-refractivity contribution in [2.75, 3.05) is 13.7 Å². The summed E-state index contributed by atoms with van der Waals surface area (Å²) < 4.78 is 11.2. The van der Waals surface area contributed by atoms with E-state index < -0.39 is 0 Å². The van der Waals surface area contributed by atoms with Gasteiger partial charge in [-0.15, -0.1) is 0 Å². The lowest BCUT2D eigenvalue weighted by Crippen LogP contribution is -2.17. The van der Waals surface area contributed by atoms with Crippen LogP contribution in [0.4, 0.5) is 0 Å². The van der Waals surface area contributed by atoms with Gasteiger partial charge in [0.05, 0.1) is 18.6 Å². The van der Waals surface area contributed by atoms with Crippen LogP contribution in [-0.2, 0) is 4.79 Å². The Hall–Kier alpha value is -1.53.